The van der Waals surface area contributed by atoms with Gasteiger partial charge >= 0.3 is 0 Å². The van der Waals surface area contributed by atoms with Gasteiger partial charge in [0, 0.05) is 24.2 Å². The number of hydrogen-bond donors (Lipinski definition) is 1. The Labute approximate surface area is 240 Å². The summed E-state index contributed by atoms with van der Waals surface area (Å²) in [5.41, 5.74) is 4.72. The lowest BCUT2D eigenvalue weighted by Crippen LogP contribution is -2.35. The first-order chi connectivity index (χ1) is 20.1. The highest BCUT2D eigenvalue weighted by atomic mass is 16.5. The average Bonchev–Trinajstić information content (AvgIpc) is 3.48. The van der Waals surface area contributed by atoms with Gasteiger partial charge in [-0.15, -0.1) is 5.10 Å². The number of ether oxygens (including phenoxy) is 1. The molecule has 1 saturated carbocycles. The molecule has 0 spiro atoms. The molecular formula is C33H36N6O2. The minimum absolute atomic E-state index is 0.127. The lowest BCUT2D eigenvalue weighted by Gasteiger charge is -2.33. The second-order valence-corrected chi connectivity index (χ2v) is 11.1. The van der Waals surface area contributed by atoms with E-state index in [2.05, 4.69) is 62.7 Å². The van der Waals surface area contributed by atoms with Gasteiger partial charge in [-0.3, -0.25) is 9.69 Å². The number of fused-ring (bicyclic) bond motifs is 1. The summed E-state index contributed by atoms with van der Waals surface area (Å²) in [5, 5.41) is 14.3. The third kappa shape index (κ3) is 5.93. The molecule has 1 fully saturated rings. The molecule has 1 aliphatic rings. The van der Waals surface area contributed by atoms with Crippen molar-refractivity contribution in [1.29, 1.82) is 0 Å². The normalized spacial score (nSPS) is 14.9. The number of nitrogens with zero attached hydrogens (tertiary/aromatic N) is 5. The fourth-order valence-corrected chi connectivity index (χ4v) is 6.03. The van der Waals surface area contributed by atoms with E-state index in [0.717, 1.165) is 59.0 Å². The molecule has 0 radical (unpaired) electrons. The van der Waals surface area contributed by atoms with E-state index in [0.29, 0.717) is 24.5 Å². The molecule has 210 valence electrons. The fourth-order valence-electron chi connectivity index (χ4n) is 6.03. The van der Waals surface area contributed by atoms with Crippen LogP contribution in [0.25, 0.3) is 10.9 Å². The molecule has 0 saturated heterocycles. The molecule has 41 heavy (non-hydrogen) atoms. The van der Waals surface area contributed by atoms with Crippen molar-refractivity contribution in [2.24, 2.45) is 0 Å². The topological polar surface area (TPSA) is 88.9 Å². The van der Waals surface area contributed by atoms with Crippen LogP contribution in [-0.4, -0.2) is 37.2 Å². The van der Waals surface area contributed by atoms with Crippen molar-refractivity contribution >= 4 is 10.9 Å². The molecule has 2 aromatic heterocycles. The van der Waals surface area contributed by atoms with Gasteiger partial charge in [-0.1, -0.05) is 73.4 Å². The van der Waals surface area contributed by atoms with Gasteiger partial charge in [0.25, 0.3) is 5.56 Å². The van der Waals surface area contributed by atoms with Gasteiger partial charge in [0.2, 0.25) is 0 Å². The number of benzene rings is 3. The minimum atomic E-state index is -0.470. The zero-order valence-electron chi connectivity index (χ0n) is 23.7. The first kappa shape index (κ1) is 26.9. The van der Waals surface area contributed by atoms with Crippen LogP contribution in [0.1, 0.15) is 72.3 Å². The lowest BCUT2D eigenvalue weighted by molar-refractivity contribution is 0.186. The summed E-state index contributed by atoms with van der Waals surface area (Å²) in [6.45, 7) is 3.27. The number of nitrogens with one attached hydrogen (secondary N) is 1. The predicted octanol–water partition coefficient (Wildman–Crippen LogP) is 6.13. The van der Waals surface area contributed by atoms with E-state index in [9.17, 15) is 4.79 Å². The molecule has 6 rings (SSSR count). The Hall–Kier alpha value is -4.30. The van der Waals surface area contributed by atoms with Crippen LogP contribution in [0.15, 0.2) is 83.7 Å². The monoisotopic (exact) mass is 548 g/mol. The molecule has 5 aromatic rings. The molecule has 0 aliphatic heterocycles. The molecular weight excluding hydrogens is 512 g/mol. The van der Waals surface area contributed by atoms with E-state index in [-0.39, 0.29) is 11.6 Å². The fraction of sp³-hybridized carbons (Fsp3) is 0.333. The van der Waals surface area contributed by atoms with Gasteiger partial charge in [0.15, 0.2) is 5.82 Å². The van der Waals surface area contributed by atoms with Gasteiger partial charge in [-0.2, -0.15) is 0 Å². The summed E-state index contributed by atoms with van der Waals surface area (Å²) in [5.74, 6) is 1.52. The van der Waals surface area contributed by atoms with E-state index in [1.807, 2.05) is 53.2 Å². The van der Waals surface area contributed by atoms with Crippen LogP contribution in [0.4, 0.5) is 0 Å². The van der Waals surface area contributed by atoms with Crippen LogP contribution in [0.2, 0.25) is 0 Å². The molecule has 8 heteroatoms. The van der Waals surface area contributed by atoms with Crippen molar-refractivity contribution in [3.8, 4) is 5.75 Å². The maximum atomic E-state index is 13.9. The van der Waals surface area contributed by atoms with Crippen LogP contribution < -0.4 is 10.3 Å². The Bertz CT molecular complexity index is 1660. The van der Waals surface area contributed by atoms with E-state index in [1.165, 1.54) is 6.42 Å². The van der Waals surface area contributed by atoms with Gasteiger partial charge in [-0.05, 0) is 77.0 Å². The SMILES string of the molecule is COc1ccc(CN(Cc2ccccc2)C(c2cc3cc(C)ccc3[nH]c2=O)c2nnnn2C2CCCCC2)cc1. The lowest BCUT2D eigenvalue weighted by atomic mass is 9.95. The van der Waals surface area contributed by atoms with Gasteiger partial charge in [0.1, 0.15) is 11.8 Å². The summed E-state index contributed by atoms with van der Waals surface area (Å²) in [6, 6.07) is 26.3. The maximum Gasteiger partial charge on any atom is 0.253 e. The van der Waals surface area contributed by atoms with Crippen molar-refractivity contribution in [3.63, 3.8) is 0 Å². The van der Waals surface area contributed by atoms with Crippen molar-refractivity contribution in [2.75, 3.05) is 7.11 Å². The number of hydrogen-bond acceptors (Lipinski definition) is 6. The molecule has 1 unspecified atom stereocenters. The largest absolute Gasteiger partial charge is 0.497 e. The van der Waals surface area contributed by atoms with E-state index >= 15 is 0 Å². The number of pyridine rings is 1. The zero-order chi connectivity index (χ0) is 28.2. The van der Waals surface area contributed by atoms with Gasteiger partial charge in [-0.25, -0.2) is 4.68 Å². The summed E-state index contributed by atoms with van der Waals surface area (Å²) in [6.07, 6.45) is 5.62. The first-order valence-corrected chi connectivity index (χ1v) is 14.4. The highest BCUT2D eigenvalue weighted by Gasteiger charge is 2.33. The Morgan fingerprint density at radius 3 is 2.41 bits per heavy atom. The third-order valence-electron chi connectivity index (χ3n) is 8.14. The average molecular weight is 549 g/mol. The van der Waals surface area contributed by atoms with Crippen LogP contribution in [0.3, 0.4) is 0 Å². The summed E-state index contributed by atoms with van der Waals surface area (Å²) in [4.78, 5) is 19.3. The van der Waals surface area contributed by atoms with Crippen molar-refractivity contribution in [2.45, 2.75) is 64.2 Å². The Morgan fingerprint density at radius 2 is 1.68 bits per heavy atom. The van der Waals surface area contributed by atoms with E-state index < -0.39 is 6.04 Å². The zero-order valence-corrected chi connectivity index (χ0v) is 23.7. The van der Waals surface area contributed by atoms with Crippen LogP contribution in [-0.2, 0) is 13.1 Å². The molecule has 0 amide bonds. The summed E-state index contributed by atoms with van der Waals surface area (Å²) in [7, 11) is 1.67. The Kier molecular flexibility index (Phi) is 7.91. The molecule has 8 nitrogen and oxygen atoms in total. The van der Waals surface area contributed by atoms with E-state index in [4.69, 9.17) is 4.74 Å². The molecule has 1 aliphatic carbocycles. The molecule has 3 aromatic carbocycles. The van der Waals surface area contributed by atoms with Crippen molar-refractivity contribution in [3.05, 3.63) is 117 Å². The molecule has 1 atom stereocenters. The quantitative estimate of drug-likeness (QED) is 0.238. The number of methoxy groups -OCH3 is 1. The van der Waals surface area contributed by atoms with Crippen molar-refractivity contribution in [1.82, 2.24) is 30.1 Å². The van der Waals surface area contributed by atoms with Gasteiger partial charge in [0.05, 0.1) is 13.2 Å². The number of H-pyrrole nitrogens is 1. The number of aryl methyl sites for hydroxylation is 1. The van der Waals surface area contributed by atoms with Crippen molar-refractivity contribution < 1.29 is 4.74 Å². The van der Waals surface area contributed by atoms with Crippen LogP contribution in [0.5, 0.6) is 5.75 Å². The third-order valence-corrected chi connectivity index (χ3v) is 8.14. The maximum absolute atomic E-state index is 13.9. The number of aromatic amines is 1. The number of aromatic nitrogens is 5. The standard InChI is InChI=1S/C33H36N6O2/c1-23-13-18-30-26(19-23)20-29(33(40)34-30)31(32-35-36-37-39(32)27-11-7-4-8-12-27)38(21-24-9-5-3-6-10-24)22-25-14-16-28(41-2)17-15-25/h3,5-6,9-10,13-20,27,31H,4,7-8,11-12,21-22H2,1-2H3,(H,34,40). The number of rotatable bonds is 9. The van der Waals surface area contributed by atoms with Crippen LogP contribution >= 0.6 is 0 Å². The summed E-state index contributed by atoms with van der Waals surface area (Å²) < 4.78 is 7.40. The second-order valence-electron chi connectivity index (χ2n) is 11.1. The summed E-state index contributed by atoms with van der Waals surface area (Å²) >= 11 is 0. The molecule has 1 N–H and O–H groups in total. The highest BCUT2D eigenvalue weighted by molar-refractivity contribution is 5.79. The smallest absolute Gasteiger partial charge is 0.253 e. The highest BCUT2D eigenvalue weighted by Crippen LogP contribution is 2.34. The predicted molar refractivity (Wildman–Crippen MR) is 160 cm³/mol. The molecule has 0 bridgehead atoms. The first-order valence-electron chi connectivity index (χ1n) is 14.4. The minimum Gasteiger partial charge on any atom is -0.497 e. The van der Waals surface area contributed by atoms with Crippen LogP contribution in [0, 0.1) is 6.92 Å². The Morgan fingerprint density at radius 1 is 0.951 bits per heavy atom. The molecule has 2 heterocycles. The number of tetrazole rings is 1. The second kappa shape index (κ2) is 12.1. The van der Waals surface area contributed by atoms with Gasteiger partial charge < -0.3 is 9.72 Å². The Balaban J connectivity index is 1.52. The van der Waals surface area contributed by atoms with E-state index in [1.54, 1.807) is 7.11 Å².